The van der Waals surface area contributed by atoms with Crippen molar-refractivity contribution in [1.82, 2.24) is 15.0 Å². The van der Waals surface area contributed by atoms with Crippen molar-refractivity contribution in [3.8, 4) is 11.3 Å². The molecular weight excluding hydrogens is 264 g/mol. The summed E-state index contributed by atoms with van der Waals surface area (Å²) in [5.74, 6) is 0.677. The maximum absolute atomic E-state index is 12.1. The number of nitrogens with zero attached hydrogens (tertiary/aromatic N) is 2. The summed E-state index contributed by atoms with van der Waals surface area (Å²) in [7, 11) is 0. The summed E-state index contributed by atoms with van der Waals surface area (Å²) >= 11 is 0. The standard InChI is InChI=1S/C16H14N4O/c1-11-18-10-15(19-11)12-4-2-6-14(8-12)20-16(21)13-5-3-7-17-9-13/h2-10H,1H3,(H,18,19)(H,20,21). The highest BCUT2D eigenvalue weighted by atomic mass is 16.1. The molecule has 104 valence electrons. The number of amides is 1. The lowest BCUT2D eigenvalue weighted by Gasteiger charge is -2.06. The lowest BCUT2D eigenvalue weighted by molar-refractivity contribution is 0.102. The van der Waals surface area contributed by atoms with Gasteiger partial charge in [-0.25, -0.2) is 4.98 Å². The van der Waals surface area contributed by atoms with Gasteiger partial charge in [-0.2, -0.15) is 0 Å². The smallest absolute Gasteiger partial charge is 0.257 e. The van der Waals surface area contributed by atoms with Crippen LogP contribution in [0, 0.1) is 6.92 Å². The zero-order valence-corrected chi connectivity index (χ0v) is 11.5. The largest absolute Gasteiger partial charge is 0.342 e. The number of anilines is 1. The molecule has 0 atom stereocenters. The van der Waals surface area contributed by atoms with E-state index in [-0.39, 0.29) is 5.91 Å². The lowest BCUT2D eigenvalue weighted by Crippen LogP contribution is -2.11. The fourth-order valence-corrected chi connectivity index (χ4v) is 2.03. The SMILES string of the molecule is Cc1ncc(-c2cccc(NC(=O)c3cccnc3)c2)[nH]1. The number of hydrogen-bond acceptors (Lipinski definition) is 3. The van der Waals surface area contributed by atoms with Crippen LogP contribution in [0.4, 0.5) is 5.69 Å². The highest BCUT2D eigenvalue weighted by Gasteiger charge is 2.07. The number of pyridine rings is 1. The molecule has 0 aliphatic rings. The first kappa shape index (κ1) is 13.1. The molecule has 21 heavy (non-hydrogen) atoms. The molecule has 2 heterocycles. The van der Waals surface area contributed by atoms with E-state index in [0.29, 0.717) is 5.56 Å². The van der Waals surface area contributed by atoms with Crippen LogP contribution >= 0.6 is 0 Å². The zero-order chi connectivity index (χ0) is 14.7. The molecule has 1 aromatic carbocycles. The average molecular weight is 278 g/mol. The summed E-state index contributed by atoms with van der Waals surface area (Å²) < 4.78 is 0. The van der Waals surface area contributed by atoms with E-state index in [2.05, 4.69) is 20.3 Å². The van der Waals surface area contributed by atoms with Gasteiger partial charge in [0.1, 0.15) is 5.82 Å². The monoisotopic (exact) mass is 278 g/mol. The molecular formula is C16H14N4O. The van der Waals surface area contributed by atoms with E-state index in [1.165, 1.54) is 6.20 Å². The Bertz CT molecular complexity index is 765. The van der Waals surface area contributed by atoms with E-state index >= 15 is 0 Å². The number of aromatic nitrogens is 3. The Labute approximate surface area is 122 Å². The Morgan fingerprint density at radius 3 is 2.81 bits per heavy atom. The van der Waals surface area contributed by atoms with Crippen molar-refractivity contribution >= 4 is 11.6 Å². The van der Waals surface area contributed by atoms with E-state index in [0.717, 1.165) is 22.8 Å². The zero-order valence-electron chi connectivity index (χ0n) is 11.5. The summed E-state index contributed by atoms with van der Waals surface area (Å²) in [5, 5.41) is 2.86. The van der Waals surface area contributed by atoms with E-state index in [1.54, 1.807) is 24.5 Å². The Morgan fingerprint density at radius 2 is 2.10 bits per heavy atom. The van der Waals surface area contributed by atoms with Crippen molar-refractivity contribution in [1.29, 1.82) is 0 Å². The Morgan fingerprint density at radius 1 is 1.19 bits per heavy atom. The maximum atomic E-state index is 12.1. The van der Waals surface area contributed by atoms with Gasteiger partial charge in [0, 0.05) is 23.6 Å². The Hall–Kier alpha value is -2.95. The van der Waals surface area contributed by atoms with Gasteiger partial charge in [-0.3, -0.25) is 9.78 Å². The topological polar surface area (TPSA) is 70.7 Å². The minimum absolute atomic E-state index is 0.180. The van der Waals surface area contributed by atoms with Gasteiger partial charge >= 0.3 is 0 Å². The second-order valence-corrected chi connectivity index (χ2v) is 4.66. The number of rotatable bonds is 3. The Kier molecular flexibility index (Phi) is 3.47. The van der Waals surface area contributed by atoms with Gasteiger partial charge in [0.25, 0.3) is 5.91 Å². The Balaban J connectivity index is 1.82. The highest BCUT2D eigenvalue weighted by Crippen LogP contribution is 2.21. The average Bonchev–Trinajstić information content (AvgIpc) is 2.95. The summed E-state index contributed by atoms with van der Waals surface area (Å²) in [4.78, 5) is 23.4. The first-order valence-corrected chi connectivity index (χ1v) is 6.56. The summed E-state index contributed by atoms with van der Waals surface area (Å²) in [5.41, 5.74) is 3.15. The van der Waals surface area contributed by atoms with Crippen molar-refractivity contribution in [3.63, 3.8) is 0 Å². The van der Waals surface area contributed by atoms with Gasteiger partial charge in [0.15, 0.2) is 0 Å². The number of carbonyl (C=O) groups excluding carboxylic acids is 1. The first-order chi connectivity index (χ1) is 10.2. The molecule has 3 aromatic rings. The summed E-state index contributed by atoms with van der Waals surface area (Å²) in [6.45, 7) is 1.90. The van der Waals surface area contributed by atoms with Gasteiger partial charge in [-0.05, 0) is 31.2 Å². The van der Waals surface area contributed by atoms with Crippen LogP contribution in [0.3, 0.4) is 0 Å². The predicted octanol–water partition coefficient (Wildman–Crippen LogP) is 3.03. The highest BCUT2D eigenvalue weighted by molar-refractivity contribution is 6.04. The molecule has 0 spiro atoms. The second kappa shape index (κ2) is 5.58. The number of aromatic amines is 1. The number of H-pyrrole nitrogens is 1. The fourth-order valence-electron chi connectivity index (χ4n) is 2.03. The van der Waals surface area contributed by atoms with Crippen LogP contribution in [-0.2, 0) is 0 Å². The number of carbonyl (C=O) groups is 1. The molecule has 0 saturated heterocycles. The van der Waals surface area contributed by atoms with Gasteiger partial charge in [-0.15, -0.1) is 0 Å². The van der Waals surface area contributed by atoms with E-state index in [4.69, 9.17) is 0 Å². The van der Waals surface area contributed by atoms with Gasteiger partial charge in [0.05, 0.1) is 17.5 Å². The van der Waals surface area contributed by atoms with Crippen molar-refractivity contribution in [3.05, 3.63) is 66.4 Å². The molecule has 1 amide bonds. The van der Waals surface area contributed by atoms with Crippen LogP contribution in [0.1, 0.15) is 16.2 Å². The molecule has 5 heteroatoms. The minimum atomic E-state index is -0.180. The number of aryl methyl sites for hydroxylation is 1. The third-order valence-electron chi connectivity index (χ3n) is 3.06. The molecule has 0 fully saturated rings. The molecule has 0 aliphatic heterocycles. The number of hydrogen-bond donors (Lipinski definition) is 2. The lowest BCUT2D eigenvalue weighted by atomic mass is 10.1. The van der Waals surface area contributed by atoms with Crippen molar-refractivity contribution in [2.75, 3.05) is 5.32 Å². The predicted molar refractivity (Wildman–Crippen MR) is 81.0 cm³/mol. The first-order valence-electron chi connectivity index (χ1n) is 6.56. The van der Waals surface area contributed by atoms with E-state index in [1.807, 2.05) is 31.2 Å². The van der Waals surface area contributed by atoms with E-state index < -0.39 is 0 Å². The quantitative estimate of drug-likeness (QED) is 0.773. The van der Waals surface area contributed by atoms with Crippen LogP contribution < -0.4 is 5.32 Å². The number of imidazole rings is 1. The van der Waals surface area contributed by atoms with Gasteiger partial charge in [0.2, 0.25) is 0 Å². The number of benzene rings is 1. The summed E-state index contributed by atoms with van der Waals surface area (Å²) in [6, 6.07) is 11.1. The molecule has 0 bridgehead atoms. The molecule has 2 N–H and O–H groups in total. The molecule has 0 aliphatic carbocycles. The van der Waals surface area contributed by atoms with Crippen molar-refractivity contribution in [2.24, 2.45) is 0 Å². The van der Waals surface area contributed by atoms with E-state index in [9.17, 15) is 4.79 Å². The van der Waals surface area contributed by atoms with Gasteiger partial charge in [-0.1, -0.05) is 12.1 Å². The minimum Gasteiger partial charge on any atom is -0.342 e. The van der Waals surface area contributed by atoms with Crippen molar-refractivity contribution < 1.29 is 4.79 Å². The normalized spacial score (nSPS) is 10.3. The third-order valence-corrected chi connectivity index (χ3v) is 3.06. The molecule has 0 unspecified atom stereocenters. The van der Waals surface area contributed by atoms with Crippen LogP contribution in [-0.4, -0.2) is 20.9 Å². The number of nitrogens with one attached hydrogen (secondary N) is 2. The molecule has 0 saturated carbocycles. The van der Waals surface area contributed by atoms with Gasteiger partial charge < -0.3 is 10.3 Å². The van der Waals surface area contributed by atoms with Crippen LogP contribution in [0.25, 0.3) is 11.3 Å². The molecule has 5 nitrogen and oxygen atoms in total. The van der Waals surface area contributed by atoms with Crippen molar-refractivity contribution in [2.45, 2.75) is 6.92 Å². The van der Waals surface area contributed by atoms with Crippen LogP contribution in [0.2, 0.25) is 0 Å². The van der Waals surface area contributed by atoms with Crippen LogP contribution in [0.15, 0.2) is 55.0 Å². The molecule has 2 aromatic heterocycles. The fraction of sp³-hybridized carbons (Fsp3) is 0.0625. The maximum Gasteiger partial charge on any atom is 0.257 e. The van der Waals surface area contributed by atoms with Crippen LogP contribution in [0.5, 0.6) is 0 Å². The summed E-state index contributed by atoms with van der Waals surface area (Å²) in [6.07, 6.45) is 4.95. The second-order valence-electron chi connectivity index (χ2n) is 4.66. The molecule has 0 radical (unpaired) electrons. The molecule has 3 rings (SSSR count). The third kappa shape index (κ3) is 2.97.